The molecule has 16 heavy (non-hydrogen) atoms. The number of nitrogens with one attached hydrogen (secondary N) is 1. The van der Waals surface area contributed by atoms with Crippen LogP contribution in [0.1, 0.15) is 31.2 Å². The van der Waals surface area contributed by atoms with Gasteiger partial charge in [-0.25, -0.2) is 8.78 Å². The first-order valence-electron chi connectivity index (χ1n) is 5.93. The Morgan fingerprint density at radius 3 is 2.69 bits per heavy atom. The van der Waals surface area contributed by atoms with Crippen molar-refractivity contribution in [3.05, 3.63) is 35.4 Å². The number of hydrogen-bond acceptors (Lipinski definition) is 1. The van der Waals surface area contributed by atoms with Gasteiger partial charge < -0.3 is 5.32 Å². The van der Waals surface area contributed by atoms with Crippen LogP contribution in [0.2, 0.25) is 0 Å². The summed E-state index contributed by atoms with van der Waals surface area (Å²) >= 11 is 0. The van der Waals surface area contributed by atoms with E-state index in [2.05, 4.69) is 5.32 Å². The van der Waals surface area contributed by atoms with Crippen LogP contribution in [0.4, 0.5) is 8.78 Å². The second-order valence-corrected chi connectivity index (χ2v) is 4.88. The van der Waals surface area contributed by atoms with Crippen LogP contribution in [0, 0.1) is 17.6 Å². The zero-order valence-corrected chi connectivity index (χ0v) is 9.10. The van der Waals surface area contributed by atoms with E-state index in [1.165, 1.54) is 6.07 Å². The third kappa shape index (κ3) is 1.38. The van der Waals surface area contributed by atoms with Crippen LogP contribution in [-0.4, -0.2) is 6.54 Å². The van der Waals surface area contributed by atoms with E-state index in [9.17, 15) is 8.78 Å². The Labute approximate surface area is 93.9 Å². The second kappa shape index (κ2) is 3.52. The fourth-order valence-electron chi connectivity index (χ4n) is 2.99. The summed E-state index contributed by atoms with van der Waals surface area (Å²) in [4.78, 5) is 0. The van der Waals surface area contributed by atoms with Crippen LogP contribution in [0.3, 0.4) is 0 Å². The highest BCUT2D eigenvalue weighted by atomic mass is 19.2. The van der Waals surface area contributed by atoms with Gasteiger partial charge in [-0.2, -0.15) is 0 Å². The molecule has 1 aromatic carbocycles. The summed E-state index contributed by atoms with van der Waals surface area (Å²) in [6.07, 6.45) is 4.23. The van der Waals surface area contributed by atoms with Crippen molar-refractivity contribution >= 4 is 0 Å². The van der Waals surface area contributed by atoms with Gasteiger partial charge in [0.2, 0.25) is 0 Å². The van der Waals surface area contributed by atoms with E-state index in [0.29, 0.717) is 11.5 Å². The lowest BCUT2D eigenvalue weighted by molar-refractivity contribution is 0.316. The van der Waals surface area contributed by atoms with Gasteiger partial charge in [0.1, 0.15) is 0 Å². The molecule has 1 atom stereocenters. The molecule has 2 aliphatic rings. The molecule has 0 radical (unpaired) electrons. The molecule has 1 aromatic rings. The molecule has 86 valence electrons. The fraction of sp³-hybridized carbons (Fsp3) is 0.538. The second-order valence-electron chi connectivity index (χ2n) is 4.88. The Morgan fingerprint density at radius 2 is 2.06 bits per heavy atom. The minimum Gasteiger partial charge on any atom is -0.307 e. The maximum atomic E-state index is 13.9. The fourth-order valence-corrected chi connectivity index (χ4v) is 2.99. The molecule has 3 rings (SSSR count). The summed E-state index contributed by atoms with van der Waals surface area (Å²) < 4.78 is 27.2. The van der Waals surface area contributed by atoms with E-state index in [-0.39, 0.29) is 5.54 Å². The van der Waals surface area contributed by atoms with Crippen molar-refractivity contribution < 1.29 is 8.78 Å². The van der Waals surface area contributed by atoms with Gasteiger partial charge in [0.05, 0.1) is 0 Å². The van der Waals surface area contributed by atoms with Crippen LogP contribution in [-0.2, 0) is 5.54 Å². The van der Waals surface area contributed by atoms with Crippen molar-refractivity contribution in [2.45, 2.75) is 31.2 Å². The van der Waals surface area contributed by atoms with Crippen molar-refractivity contribution in [2.75, 3.05) is 6.54 Å². The molecule has 0 spiro atoms. The zero-order valence-electron chi connectivity index (χ0n) is 9.10. The van der Waals surface area contributed by atoms with Crippen molar-refractivity contribution in [3.63, 3.8) is 0 Å². The summed E-state index contributed by atoms with van der Waals surface area (Å²) in [6.45, 7) is 0.909. The highest BCUT2D eigenvalue weighted by Crippen LogP contribution is 2.50. The summed E-state index contributed by atoms with van der Waals surface area (Å²) in [7, 11) is 0. The Kier molecular flexibility index (Phi) is 2.25. The molecule has 1 heterocycles. The number of halogens is 2. The highest BCUT2D eigenvalue weighted by molar-refractivity contribution is 5.31. The minimum absolute atomic E-state index is 0.286. The van der Waals surface area contributed by atoms with Gasteiger partial charge in [0.25, 0.3) is 0 Å². The van der Waals surface area contributed by atoms with Crippen LogP contribution in [0.5, 0.6) is 0 Å². The van der Waals surface area contributed by atoms with E-state index in [1.54, 1.807) is 12.1 Å². The van der Waals surface area contributed by atoms with Gasteiger partial charge in [-0.15, -0.1) is 0 Å². The SMILES string of the molecule is Fc1cccc(C2(C3CC3)CCCN2)c1F. The maximum Gasteiger partial charge on any atom is 0.163 e. The molecule has 1 nitrogen and oxygen atoms in total. The normalized spacial score (nSPS) is 29.6. The van der Waals surface area contributed by atoms with Crippen molar-refractivity contribution in [3.8, 4) is 0 Å². The quantitative estimate of drug-likeness (QED) is 0.812. The number of rotatable bonds is 2. The average molecular weight is 223 g/mol. The first-order chi connectivity index (χ1) is 7.74. The molecule has 0 amide bonds. The monoisotopic (exact) mass is 223 g/mol. The van der Waals surface area contributed by atoms with E-state index < -0.39 is 11.6 Å². The Balaban J connectivity index is 2.08. The summed E-state index contributed by atoms with van der Waals surface area (Å²) in [5.74, 6) is -0.902. The van der Waals surface area contributed by atoms with Crippen LogP contribution in [0.25, 0.3) is 0 Å². The zero-order chi connectivity index (χ0) is 11.2. The van der Waals surface area contributed by atoms with Gasteiger partial charge in [-0.1, -0.05) is 12.1 Å². The molecular formula is C13H15F2N. The van der Waals surface area contributed by atoms with Crippen molar-refractivity contribution in [1.82, 2.24) is 5.32 Å². The predicted molar refractivity (Wildman–Crippen MR) is 58.0 cm³/mol. The van der Waals surface area contributed by atoms with E-state index in [4.69, 9.17) is 0 Å². The molecule has 0 aromatic heterocycles. The minimum atomic E-state index is -0.730. The molecule has 1 saturated carbocycles. The molecule has 1 saturated heterocycles. The lowest BCUT2D eigenvalue weighted by atomic mass is 9.83. The molecular weight excluding hydrogens is 208 g/mol. The summed E-state index contributed by atoms with van der Waals surface area (Å²) in [6, 6.07) is 4.53. The topological polar surface area (TPSA) is 12.0 Å². The van der Waals surface area contributed by atoms with Gasteiger partial charge in [0, 0.05) is 11.1 Å². The Morgan fingerprint density at radius 1 is 1.25 bits per heavy atom. The molecule has 1 N–H and O–H groups in total. The summed E-state index contributed by atoms with van der Waals surface area (Å²) in [5, 5.41) is 3.41. The van der Waals surface area contributed by atoms with Gasteiger partial charge in [0.15, 0.2) is 11.6 Å². The molecule has 0 bridgehead atoms. The smallest absolute Gasteiger partial charge is 0.163 e. The van der Waals surface area contributed by atoms with Crippen molar-refractivity contribution in [1.29, 1.82) is 0 Å². The van der Waals surface area contributed by atoms with Crippen LogP contribution < -0.4 is 5.32 Å². The maximum absolute atomic E-state index is 13.9. The first-order valence-corrected chi connectivity index (χ1v) is 5.93. The Hall–Kier alpha value is -0.960. The lowest BCUT2D eigenvalue weighted by Crippen LogP contribution is -2.40. The van der Waals surface area contributed by atoms with E-state index in [0.717, 1.165) is 32.2 Å². The van der Waals surface area contributed by atoms with Gasteiger partial charge in [-0.3, -0.25) is 0 Å². The molecule has 1 aliphatic carbocycles. The van der Waals surface area contributed by atoms with Gasteiger partial charge >= 0.3 is 0 Å². The highest BCUT2D eigenvalue weighted by Gasteiger charge is 2.49. The van der Waals surface area contributed by atoms with Crippen LogP contribution in [0.15, 0.2) is 18.2 Å². The number of benzene rings is 1. The van der Waals surface area contributed by atoms with Gasteiger partial charge in [-0.05, 0) is 44.2 Å². The molecule has 2 fully saturated rings. The van der Waals surface area contributed by atoms with Crippen LogP contribution >= 0.6 is 0 Å². The third-order valence-corrected chi connectivity index (χ3v) is 3.89. The number of hydrogen-bond donors (Lipinski definition) is 1. The lowest BCUT2D eigenvalue weighted by Gasteiger charge is -2.30. The van der Waals surface area contributed by atoms with E-state index >= 15 is 0 Å². The third-order valence-electron chi connectivity index (χ3n) is 3.89. The molecule has 3 heteroatoms. The molecule has 1 unspecified atom stereocenters. The predicted octanol–water partition coefficient (Wildman–Crippen LogP) is 2.95. The molecule has 1 aliphatic heterocycles. The standard InChI is InChI=1S/C13H15F2N/c14-11-4-1-3-10(12(11)15)13(9-5-6-9)7-2-8-16-13/h1,3-4,9,16H,2,5-8H2. The van der Waals surface area contributed by atoms with Crippen molar-refractivity contribution in [2.24, 2.45) is 5.92 Å². The van der Waals surface area contributed by atoms with E-state index in [1.807, 2.05) is 0 Å². The largest absolute Gasteiger partial charge is 0.307 e. The Bertz CT molecular complexity index is 406. The summed E-state index contributed by atoms with van der Waals surface area (Å²) in [5.41, 5.74) is 0.249. The average Bonchev–Trinajstić information content (AvgIpc) is 3.03. The first kappa shape index (κ1) is 10.2.